The molecule has 2 unspecified atom stereocenters. The Kier molecular flexibility index (Phi) is 7.70. The molecular weight excluding hydrogens is 512 g/mol. The standard InChI is InChI=1S/C24H20ClF2N5O3S/c1-15(22-31-21(10-36-22)16-3-6-18(28-2)7-4-16)24(35-23(33)34-12-25,11-32-14-29-13-30-32)19-8-5-17(26)9-20(19)27/h3-10,13-15H,2,11-12H2,1H3. The van der Waals surface area contributed by atoms with Gasteiger partial charge in [-0.1, -0.05) is 30.7 Å². The van der Waals surface area contributed by atoms with Crippen LogP contribution in [-0.2, 0) is 21.6 Å². The summed E-state index contributed by atoms with van der Waals surface area (Å²) < 4.78 is 41.0. The van der Waals surface area contributed by atoms with E-state index in [1.165, 1.54) is 34.7 Å². The van der Waals surface area contributed by atoms with Crippen molar-refractivity contribution in [2.75, 3.05) is 6.07 Å². The number of hydrogen-bond donors (Lipinski definition) is 0. The Morgan fingerprint density at radius 3 is 2.69 bits per heavy atom. The predicted octanol–water partition coefficient (Wildman–Crippen LogP) is 6.06. The Hall–Kier alpha value is -3.70. The van der Waals surface area contributed by atoms with Crippen LogP contribution in [0.5, 0.6) is 0 Å². The van der Waals surface area contributed by atoms with E-state index in [4.69, 9.17) is 26.1 Å². The molecule has 2 aromatic heterocycles. The largest absolute Gasteiger partial charge is 0.510 e. The number of carbonyl (C=O) groups is 1. The van der Waals surface area contributed by atoms with Crippen LogP contribution < -0.4 is 0 Å². The minimum atomic E-state index is -1.75. The van der Waals surface area contributed by atoms with Crippen molar-refractivity contribution in [2.24, 2.45) is 4.99 Å². The zero-order chi connectivity index (χ0) is 25.7. The highest BCUT2D eigenvalue weighted by atomic mass is 35.5. The summed E-state index contributed by atoms with van der Waals surface area (Å²) in [7, 11) is 0. The molecule has 4 aromatic rings. The van der Waals surface area contributed by atoms with Gasteiger partial charge < -0.3 is 9.47 Å². The van der Waals surface area contributed by atoms with Gasteiger partial charge in [-0.2, -0.15) is 5.10 Å². The van der Waals surface area contributed by atoms with Crippen molar-refractivity contribution in [1.82, 2.24) is 19.7 Å². The van der Waals surface area contributed by atoms with Crippen LogP contribution in [0.25, 0.3) is 11.3 Å². The number of hydrogen-bond acceptors (Lipinski definition) is 8. The number of carbonyl (C=O) groups excluding carboxylic acids is 1. The van der Waals surface area contributed by atoms with Crippen LogP contribution in [0.3, 0.4) is 0 Å². The molecule has 2 atom stereocenters. The number of aromatic nitrogens is 4. The number of aliphatic imine (C=N–C) groups is 1. The molecule has 0 fully saturated rings. The van der Waals surface area contributed by atoms with E-state index in [0.29, 0.717) is 16.4 Å². The topological polar surface area (TPSA) is 91.5 Å². The van der Waals surface area contributed by atoms with Crippen LogP contribution in [-0.4, -0.2) is 38.7 Å². The molecule has 12 heteroatoms. The van der Waals surface area contributed by atoms with Gasteiger partial charge in [-0.3, -0.25) is 4.99 Å². The summed E-state index contributed by atoms with van der Waals surface area (Å²) in [5.74, 6) is -2.43. The molecule has 8 nitrogen and oxygen atoms in total. The molecule has 0 aliphatic rings. The summed E-state index contributed by atoms with van der Waals surface area (Å²) >= 11 is 6.86. The van der Waals surface area contributed by atoms with Crippen molar-refractivity contribution in [3.63, 3.8) is 0 Å². The number of benzene rings is 2. The van der Waals surface area contributed by atoms with Crippen LogP contribution >= 0.6 is 22.9 Å². The number of alkyl halides is 1. The second-order valence-corrected chi connectivity index (χ2v) is 8.82. The average molecular weight is 532 g/mol. The summed E-state index contributed by atoms with van der Waals surface area (Å²) in [5.41, 5.74) is 0.369. The van der Waals surface area contributed by atoms with E-state index >= 15 is 4.39 Å². The van der Waals surface area contributed by atoms with Gasteiger partial charge in [0.1, 0.15) is 29.3 Å². The Morgan fingerprint density at radius 2 is 2.06 bits per heavy atom. The molecule has 0 N–H and O–H groups in total. The van der Waals surface area contributed by atoms with Crippen LogP contribution in [0.4, 0.5) is 19.3 Å². The van der Waals surface area contributed by atoms with Gasteiger partial charge in [-0.05, 0) is 31.0 Å². The summed E-state index contributed by atoms with van der Waals surface area (Å²) in [4.78, 5) is 25.1. The van der Waals surface area contributed by atoms with Crippen molar-refractivity contribution in [1.29, 1.82) is 0 Å². The fourth-order valence-corrected chi connectivity index (χ4v) is 4.85. The summed E-state index contributed by atoms with van der Waals surface area (Å²) in [6.07, 6.45) is 1.54. The van der Waals surface area contributed by atoms with E-state index < -0.39 is 35.4 Å². The molecule has 0 radical (unpaired) electrons. The molecule has 4 rings (SSSR count). The van der Waals surface area contributed by atoms with Gasteiger partial charge in [-0.25, -0.2) is 28.2 Å². The molecule has 0 aliphatic heterocycles. The Bertz CT molecular complexity index is 1350. The normalized spacial score (nSPS) is 13.6. The zero-order valence-electron chi connectivity index (χ0n) is 19.0. The molecule has 36 heavy (non-hydrogen) atoms. The van der Waals surface area contributed by atoms with Gasteiger partial charge in [-0.15, -0.1) is 11.3 Å². The number of nitrogens with zero attached hydrogens (tertiary/aromatic N) is 5. The predicted molar refractivity (Wildman–Crippen MR) is 132 cm³/mol. The first kappa shape index (κ1) is 25.4. The third-order valence-electron chi connectivity index (χ3n) is 5.63. The van der Waals surface area contributed by atoms with E-state index in [-0.39, 0.29) is 12.1 Å². The second-order valence-electron chi connectivity index (χ2n) is 7.71. The molecule has 0 bridgehead atoms. The van der Waals surface area contributed by atoms with Gasteiger partial charge in [0, 0.05) is 22.6 Å². The van der Waals surface area contributed by atoms with Crippen molar-refractivity contribution in [3.05, 3.63) is 82.7 Å². The molecule has 2 aromatic carbocycles. The smallest absolute Gasteiger partial charge is 0.420 e. The lowest BCUT2D eigenvalue weighted by atomic mass is 9.81. The fourth-order valence-electron chi connectivity index (χ4n) is 3.80. The van der Waals surface area contributed by atoms with E-state index in [9.17, 15) is 9.18 Å². The van der Waals surface area contributed by atoms with Gasteiger partial charge in [0.2, 0.25) is 0 Å². The van der Waals surface area contributed by atoms with Gasteiger partial charge >= 0.3 is 6.16 Å². The minimum Gasteiger partial charge on any atom is -0.420 e. The summed E-state index contributed by atoms with van der Waals surface area (Å²) in [6.45, 7) is 5.07. The van der Waals surface area contributed by atoms with E-state index in [2.05, 4.69) is 21.8 Å². The van der Waals surface area contributed by atoms with Crippen LogP contribution in [0.15, 0.2) is 65.5 Å². The first-order chi connectivity index (χ1) is 17.4. The minimum absolute atomic E-state index is 0.0865. The van der Waals surface area contributed by atoms with Crippen LogP contribution in [0, 0.1) is 11.6 Å². The third kappa shape index (κ3) is 5.26. The van der Waals surface area contributed by atoms with Gasteiger partial charge in [0.25, 0.3) is 0 Å². The average Bonchev–Trinajstić information content (AvgIpc) is 3.56. The molecule has 0 saturated carbocycles. The number of rotatable bonds is 9. The maximum Gasteiger partial charge on any atom is 0.510 e. The monoisotopic (exact) mass is 531 g/mol. The van der Waals surface area contributed by atoms with E-state index in [1.807, 2.05) is 17.5 Å². The highest BCUT2D eigenvalue weighted by Gasteiger charge is 2.47. The van der Waals surface area contributed by atoms with E-state index in [1.54, 1.807) is 19.1 Å². The highest BCUT2D eigenvalue weighted by molar-refractivity contribution is 7.10. The van der Waals surface area contributed by atoms with Gasteiger partial charge in [0.05, 0.1) is 23.8 Å². The summed E-state index contributed by atoms with van der Waals surface area (Å²) in [5, 5.41) is 6.45. The molecule has 0 saturated heterocycles. The Balaban J connectivity index is 1.83. The maximum absolute atomic E-state index is 15.3. The number of thiazole rings is 1. The van der Waals surface area contributed by atoms with Crippen molar-refractivity contribution in [2.45, 2.75) is 25.0 Å². The first-order valence-electron chi connectivity index (χ1n) is 10.6. The lowest BCUT2D eigenvalue weighted by Crippen LogP contribution is -2.43. The van der Waals surface area contributed by atoms with Crippen molar-refractivity contribution in [3.8, 4) is 11.3 Å². The van der Waals surface area contributed by atoms with Crippen LogP contribution in [0.2, 0.25) is 0 Å². The molecule has 186 valence electrons. The maximum atomic E-state index is 15.3. The highest BCUT2D eigenvalue weighted by Crippen LogP contribution is 2.45. The zero-order valence-corrected chi connectivity index (χ0v) is 20.5. The SMILES string of the molecule is C=Nc1ccc(-c2csc(C(C)C(Cn3cncn3)(OC(=O)OCCl)c3ccc(F)cc3F)n2)cc1. The second kappa shape index (κ2) is 10.9. The number of ether oxygens (including phenoxy) is 2. The van der Waals surface area contributed by atoms with Crippen molar-refractivity contribution >= 4 is 41.5 Å². The molecule has 2 heterocycles. The first-order valence-corrected chi connectivity index (χ1v) is 12.0. The summed E-state index contributed by atoms with van der Waals surface area (Å²) in [6, 6.07) is 9.86. The third-order valence-corrected chi connectivity index (χ3v) is 6.76. The Morgan fingerprint density at radius 1 is 1.28 bits per heavy atom. The van der Waals surface area contributed by atoms with E-state index in [0.717, 1.165) is 17.7 Å². The quantitative estimate of drug-likeness (QED) is 0.148. The molecule has 0 amide bonds. The Labute approximate surface area is 214 Å². The van der Waals surface area contributed by atoms with Crippen LogP contribution in [0.1, 0.15) is 23.4 Å². The fraction of sp³-hybridized carbons (Fsp3) is 0.208. The molecule has 0 aliphatic carbocycles. The van der Waals surface area contributed by atoms with Gasteiger partial charge in [0.15, 0.2) is 11.7 Å². The lowest BCUT2D eigenvalue weighted by Gasteiger charge is -2.37. The van der Waals surface area contributed by atoms with Crippen molar-refractivity contribution < 1.29 is 23.0 Å². The number of halogens is 3. The molecular formula is C24H20ClF2N5O3S. The lowest BCUT2D eigenvalue weighted by molar-refractivity contribution is -0.0620. The molecule has 0 spiro atoms.